The molecule has 0 spiro atoms. The second kappa shape index (κ2) is 4.08. The van der Waals surface area contributed by atoms with Gasteiger partial charge in [0.05, 0.1) is 5.41 Å². The lowest BCUT2D eigenvalue weighted by Gasteiger charge is -2.19. The molecular weight excluding hydrogens is 248 g/mol. The molecule has 1 N–H and O–H groups in total. The van der Waals surface area contributed by atoms with Gasteiger partial charge in [-0.05, 0) is 26.2 Å². The lowest BCUT2D eigenvalue weighted by molar-refractivity contribution is -0.147. The van der Waals surface area contributed by atoms with Crippen molar-refractivity contribution in [1.29, 1.82) is 0 Å². The summed E-state index contributed by atoms with van der Waals surface area (Å²) >= 11 is 0. The summed E-state index contributed by atoms with van der Waals surface area (Å²) in [6.45, 7) is 2.35. The van der Waals surface area contributed by atoms with Crippen LogP contribution in [-0.2, 0) is 4.79 Å². The number of hydrogen-bond acceptors (Lipinski definition) is 4. The predicted octanol–water partition coefficient (Wildman–Crippen LogP) is 1.49. The number of carboxylic acids is 1. The van der Waals surface area contributed by atoms with Crippen LogP contribution < -0.4 is 0 Å². The van der Waals surface area contributed by atoms with Crippen LogP contribution in [0.2, 0.25) is 0 Å². The van der Waals surface area contributed by atoms with Crippen molar-refractivity contribution in [2.24, 2.45) is 5.41 Å². The summed E-state index contributed by atoms with van der Waals surface area (Å²) in [5, 5.41) is 13.0. The van der Waals surface area contributed by atoms with Gasteiger partial charge in [0.25, 0.3) is 5.91 Å². The standard InChI is InChI=1S/C13H16N2O4/c1-13(12(17)18)4-5-15(7-13)11(16)9-6-10(19-14-9)8-2-3-8/h6,8H,2-5,7H2,1H3,(H,17,18). The van der Waals surface area contributed by atoms with E-state index in [1.54, 1.807) is 17.9 Å². The van der Waals surface area contributed by atoms with Crippen molar-refractivity contribution in [3.05, 3.63) is 17.5 Å². The van der Waals surface area contributed by atoms with Crippen LogP contribution in [0.4, 0.5) is 0 Å². The number of hydrogen-bond donors (Lipinski definition) is 1. The third kappa shape index (κ3) is 2.11. The van der Waals surface area contributed by atoms with E-state index in [2.05, 4.69) is 5.16 Å². The minimum Gasteiger partial charge on any atom is -0.481 e. The number of aliphatic carboxylic acids is 1. The van der Waals surface area contributed by atoms with Crippen LogP contribution in [0.25, 0.3) is 0 Å². The summed E-state index contributed by atoms with van der Waals surface area (Å²) in [6, 6.07) is 1.69. The van der Waals surface area contributed by atoms with Gasteiger partial charge in [-0.1, -0.05) is 5.16 Å². The maximum Gasteiger partial charge on any atom is 0.311 e. The van der Waals surface area contributed by atoms with E-state index in [1.165, 1.54) is 0 Å². The van der Waals surface area contributed by atoms with E-state index in [1.807, 2.05) is 0 Å². The molecule has 102 valence electrons. The molecule has 1 saturated heterocycles. The maximum absolute atomic E-state index is 12.2. The summed E-state index contributed by atoms with van der Waals surface area (Å²) in [6.07, 6.45) is 2.65. The Bertz CT molecular complexity index is 535. The quantitative estimate of drug-likeness (QED) is 0.894. The lowest BCUT2D eigenvalue weighted by Crippen LogP contribution is -2.35. The first-order valence-electron chi connectivity index (χ1n) is 6.49. The highest BCUT2D eigenvalue weighted by molar-refractivity contribution is 5.93. The largest absolute Gasteiger partial charge is 0.481 e. The molecule has 1 unspecified atom stereocenters. The second-order valence-corrected chi connectivity index (χ2v) is 5.73. The molecule has 2 heterocycles. The Balaban J connectivity index is 1.72. The molecule has 1 atom stereocenters. The zero-order chi connectivity index (χ0) is 13.6. The van der Waals surface area contributed by atoms with Crippen molar-refractivity contribution < 1.29 is 19.2 Å². The predicted molar refractivity (Wildman–Crippen MR) is 64.7 cm³/mol. The van der Waals surface area contributed by atoms with Crippen molar-refractivity contribution in [3.63, 3.8) is 0 Å². The number of carbonyl (C=O) groups is 2. The zero-order valence-corrected chi connectivity index (χ0v) is 10.8. The number of carbonyl (C=O) groups excluding carboxylic acids is 1. The Kier molecular flexibility index (Phi) is 2.62. The van der Waals surface area contributed by atoms with E-state index in [0.29, 0.717) is 18.9 Å². The van der Waals surface area contributed by atoms with Crippen LogP contribution in [0.1, 0.15) is 48.4 Å². The van der Waals surface area contributed by atoms with Gasteiger partial charge in [0.1, 0.15) is 5.76 Å². The fourth-order valence-corrected chi connectivity index (χ4v) is 2.42. The first kappa shape index (κ1) is 12.2. The number of likely N-dealkylation sites (tertiary alicyclic amines) is 1. The van der Waals surface area contributed by atoms with Gasteiger partial charge in [0.15, 0.2) is 5.69 Å². The Labute approximate surface area is 110 Å². The number of amides is 1. The van der Waals surface area contributed by atoms with Gasteiger partial charge in [0.2, 0.25) is 0 Å². The molecule has 1 aliphatic heterocycles. The Hall–Kier alpha value is -1.85. The smallest absolute Gasteiger partial charge is 0.311 e. The molecule has 19 heavy (non-hydrogen) atoms. The first-order chi connectivity index (χ1) is 8.99. The average molecular weight is 264 g/mol. The molecule has 0 aromatic carbocycles. The number of nitrogens with zero attached hydrogens (tertiary/aromatic N) is 2. The van der Waals surface area contributed by atoms with Gasteiger partial charge in [-0.2, -0.15) is 0 Å². The van der Waals surface area contributed by atoms with E-state index in [9.17, 15) is 9.59 Å². The summed E-state index contributed by atoms with van der Waals surface area (Å²) < 4.78 is 5.15. The monoisotopic (exact) mass is 264 g/mol. The van der Waals surface area contributed by atoms with Crippen LogP contribution in [0.15, 0.2) is 10.6 Å². The highest BCUT2D eigenvalue weighted by Gasteiger charge is 2.43. The van der Waals surface area contributed by atoms with E-state index >= 15 is 0 Å². The Morgan fingerprint density at radius 1 is 1.53 bits per heavy atom. The van der Waals surface area contributed by atoms with Crippen LogP contribution in [0.3, 0.4) is 0 Å². The minimum absolute atomic E-state index is 0.229. The molecular formula is C13H16N2O4. The fourth-order valence-electron chi connectivity index (χ4n) is 2.42. The van der Waals surface area contributed by atoms with Gasteiger partial charge >= 0.3 is 5.97 Å². The van der Waals surface area contributed by atoms with Crippen molar-refractivity contribution in [3.8, 4) is 0 Å². The first-order valence-corrected chi connectivity index (χ1v) is 6.49. The van der Waals surface area contributed by atoms with Gasteiger partial charge in [-0.3, -0.25) is 9.59 Å². The topological polar surface area (TPSA) is 83.6 Å². The Morgan fingerprint density at radius 3 is 2.84 bits per heavy atom. The maximum atomic E-state index is 12.2. The summed E-state index contributed by atoms with van der Waals surface area (Å²) in [4.78, 5) is 24.9. The van der Waals surface area contributed by atoms with Crippen LogP contribution >= 0.6 is 0 Å². The molecule has 0 radical (unpaired) electrons. The molecule has 1 aromatic rings. The van der Waals surface area contributed by atoms with Crippen molar-refractivity contribution >= 4 is 11.9 Å². The van der Waals surface area contributed by atoms with Gasteiger partial charge < -0.3 is 14.5 Å². The molecule has 1 saturated carbocycles. The number of carboxylic acid groups (broad SMARTS) is 1. The van der Waals surface area contributed by atoms with Crippen LogP contribution in [-0.4, -0.2) is 40.1 Å². The molecule has 2 fully saturated rings. The number of aromatic nitrogens is 1. The van der Waals surface area contributed by atoms with E-state index in [0.717, 1.165) is 18.6 Å². The highest BCUT2D eigenvalue weighted by Crippen LogP contribution is 2.40. The molecule has 1 amide bonds. The summed E-state index contributed by atoms with van der Waals surface area (Å²) in [5.41, 5.74) is -0.560. The third-order valence-corrected chi connectivity index (χ3v) is 4.00. The molecule has 6 heteroatoms. The molecule has 6 nitrogen and oxygen atoms in total. The SMILES string of the molecule is CC1(C(=O)O)CCN(C(=O)c2cc(C3CC3)on2)C1. The van der Waals surface area contributed by atoms with Gasteiger partial charge in [-0.15, -0.1) is 0 Å². The van der Waals surface area contributed by atoms with Crippen LogP contribution in [0, 0.1) is 5.41 Å². The van der Waals surface area contributed by atoms with Crippen LogP contribution in [0.5, 0.6) is 0 Å². The van der Waals surface area contributed by atoms with E-state index in [-0.39, 0.29) is 18.1 Å². The molecule has 0 bridgehead atoms. The lowest BCUT2D eigenvalue weighted by atomic mass is 9.90. The average Bonchev–Trinajstić information content (AvgIpc) is 2.97. The normalized spacial score (nSPS) is 26.7. The van der Waals surface area contributed by atoms with Gasteiger partial charge in [-0.25, -0.2) is 0 Å². The van der Waals surface area contributed by atoms with Crippen molar-refractivity contribution in [2.75, 3.05) is 13.1 Å². The minimum atomic E-state index is -0.860. The second-order valence-electron chi connectivity index (χ2n) is 5.73. The zero-order valence-electron chi connectivity index (χ0n) is 10.8. The Morgan fingerprint density at radius 2 is 2.26 bits per heavy atom. The molecule has 1 aliphatic carbocycles. The van der Waals surface area contributed by atoms with E-state index < -0.39 is 11.4 Å². The molecule has 2 aliphatic rings. The van der Waals surface area contributed by atoms with E-state index in [4.69, 9.17) is 9.63 Å². The number of rotatable bonds is 3. The highest BCUT2D eigenvalue weighted by atomic mass is 16.5. The van der Waals surface area contributed by atoms with Crippen molar-refractivity contribution in [2.45, 2.75) is 32.1 Å². The summed E-state index contributed by atoms with van der Waals surface area (Å²) in [5.74, 6) is 0.0858. The fraction of sp³-hybridized carbons (Fsp3) is 0.615. The third-order valence-electron chi connectivity index (χ3n) is 4.00. The molecule has 3 rings (SSSR count). The van der Waals surface area contributed by atoms with Crippen molar-refractivity contribution in [1.82, 2.24) is 10.1 Å². The summed E-state index contributed by atoms with van der Waals surface area (Å²) in [7, 11) is 0. The molecule has 1 aromatic heterocycles. The van der Waals surface area contributed by atoms with Gasteiger partial charge in [0, 0.05) is 25.1 Å².